The predicted octanol–water partition coefficient (Wildman–Crippen LogP) is 5.59. The average molecular weight is 662 g/mol. The van der Waals surface area contributed by atoms with Crippen LogP contribution in [0.4, 0.5) is 26.4 Å². The molecule has 0 saturated carbocycles. The van der Waals surface area contributed by atoms with E-state index >= 15 is 4.39 Å². The van der Waals surface area contributed by atoms with Gasteiger partial charge in [-0.3, -0.25) is 14.9 Å². The number of nitrogens with two attached hydrogens (primary N) is 1. The molecule has 2 aliphatic rings. The number of anilines is 3. The molecule has 48 heavy (non-hydrogen) atoms. The van der Waals surface area contributed by atoms with Crippen LogP contribution in [0.5, 0.6) is 5.75 Å². The zero-order valence-electron chi connectivity index (χ0n) is 27.4. The van der Waals surface area contributed by atoms with Gasteiger partial charge in [0.1, 0.15) is 18.5 Å². The summed E-state index contributed by atoms with van der Waals surface area (Å²) in [6.45, 7) is 6.37. The van der Waals surface area contributed by atoms with Gasteiger partial charge in [-0.15, -0.1) is 0 Å². The first-order valence-corrected chi connectivity index (χ1v) is 15.3. The van der Waals surface area contributed by atoms with Crippen molar-refractivity contribution in [1.82, 2.24) is 9.88 Å². The molecule has 6 rings (SSSR count). The van der Waals surface area contributed by atoms with Gasteiger partial charge in [0.05, 0.1) is 12.7 Å². The number of carbonyl (C=O) groups excluding carboxylic acids is 2. The van der Waals surface area contributed by atoms with Crippen molar-refractivity contribution < 1.29 is 38.5 Å². The van der Waals surface area contributed by atoms with Crippen LogP contribution in [0, 0.1) is 12.7 Å². The lowest BCUT2D eigenvalue weighted by Gasteiger charge is -2.28. The summed E-state index contributed by atoms with van der Waals surface area (Å²) in [6.07, 6.45) is 0.0460. The van der Waals surface area contributed by atoms with Gasteiger partial charge in [-0.2, -0.15) is 0 Å². The number of aryl methyl sites for hydroxylation is 1. The van der Waals surface area contributed by atoms with Crippen LogP contribution in [0.15, 0.2) is 60.8 Å². The van der Waals surface area contributed by atoms with Crippen molar-refractivity contribution in [2.24, 2.45) is 0 Å². The van der Waals surface area contributed by atoms with E-state index in [-0.39, 0.29) is 43.0 Å². The van der Waals surface area contributed by atoms with Gasteiger partial charge in [-0.1, -0.05) is 25.1 Å². The van der Waals surface area contributed by atoms with Gasteiger partial charge in [0.15, 0.2) is 11.6 Å². The third-order valence-electron chi connectivity index (χ3n) is 7.60. The number of carbonyl (C=O) groups is 3. The Morgan fingerprint density at radius 3 is 2.62 bits per heavy atom. The Morgan fingerprint density at radius 1 is 1.21 bits per heavy atom. The van der Waals surface area contributed by atoms with Crippen molar-refractivity contribution in [2.45, 2.75) is 52.3 Å². The molecule has 4 bridgehead atoms. The fraction of sp³-hybridized carbons (Fsp3) is 0.314. The van der Waals surface area contributed by atoms with E-state index in [0.717, 1.165) is 40.5 Å². The van der Waals surface area contributed by atoms with Crippen molar-refractivity contribution in [1.29, 1.82) is 0 Å². The van der Waals surface area contributed by atoms with Crippen LogP contribution in [0.3, 0.4) is 0 Å². The number of rotatable bonds is 5. The van der Waals surface area contributed by atoms with Crippen LogP contribution in [0.25, 0.3) is 10.8 Å². The second-order valence-electron chi connectivity index (χ2n) is 11.8. The zero-order chi connectivity index (χ0) is 35.1. The van der Waals surface area contributed by atoms with Crippen molar-refractivity contribution in [3.05, 3.63) is 88.9 Å². The van der Waals surface area contributed by atoms with Crippen molar-refractivity contribution >= 4 is 45.9 Å². The first-order chi connectivity index (χ1) is 22.7. The number of carboxylic acids is 1. The highest BCUT2D eigenvalue weighted by Crippen LogP contribution is 2.32. The molecule has 3 atom stereocenters. The second-order valence-corrected chi connectivity index (χ2v) is 11.8. The van der Waals surface area contributed by atoms with Crippen LogP contribution in [-0.4, -0.2) is 64.4 Å². The predicted molar refractivity (Wildman–Crippen MR) is 180 cm³/mol. The number of ether oxygens (including phenoxy) is 2. The topological polar surface area (TPSA) is 176 Å². The number of nitrogen functional groups attached to an aromatic ring is 1. The molecule has 0 spiro atoms. The number of hydrogen-bond acceptors (Lipinski definition) is 9. The molecule has 0 unspecified atom stereocenters. The van der Waals surface area contributed by atoms with E-state index in [2.05, 4.69) is 15.6 Å². The Hall–Kier alpha value is -5.43. The smallest absolute Gasteiger partial charge is 0.411 e. The summed E-state index contributed by atoms with van der Waals surface area (Å²) >= 11 is 0. The number of nitrogens with zero attached hydrogens (tertiary/aromatic N) is 2. The van der Waals surface area contributed by atoms with Gasteiger partial charge in [0, 0.05) is 61.0 Å². The molecule has 6 N–H and O–H groups in total. The molecule has 0 saturated heterocycles. The Balaban J connectivity index is 0.00000123. The average Bonchev–Trinajstić information content (AvgIpc) is 3.01. The first-order valence-electron chi connectivity index (χ1n) is 15.3. The molecule has 1 aromatic heterocycles. The largest absolute Gasteiger partial charge is 0.487 e. The highest BCUT2D eigenvalue weighted by Gasteiger charge is 2.27. The summed E-state index contributed by atoms with van der Waals surface area (Å²) in [5, 5.41) is 24.8. The van der Waals surface area contributed by atoms with Gasteiger partial charge in [0.25, 0.3) is 5.97 Å². The summed E-state index contributed by atoms with van der Waals surface area (Å²) in [5.74, 6) is -1.72. The minimum Gasteiger partial charge on any atom is -0.487 e. The minimum absolute atomic E-state index is 0.0539. The maximum Gasteiger partial charge on any atom is 0.411 e. The van der Waals surface area contributed by atoms with Crippen LogP contribution in [-0.2, 0) is 20.9 Å². The van der Waals surface area contributed by atoms with E-state index in [1.165, 1.54) is 17.9 Å². The van der Waals surface area contributed by atoms with Gasteiger partial charge in [-0.05, 0) is 66.3 Å². The highest BCUT2D eigenvalue weighted by atomic mass is 19.1. The van der Waals surface area contributed by atoms with E-state index in [1.807, 2.05) is 56.3 Å². The lowest BCUT2D eigenvalue weighted by atomic mass is 9.93. The van der Waals surface area contributed by atoms with Crippen molar-refractivity contribution in [2.75, 3.05) is 36.6 Å². The Kier molecular flexibility index (Phi) is 11.4. The molecule has 3 aromatic carbocycles. The molecule has 2 aliphatic heterocycles. The number of amides is 2. The highest BCUT2D eigenvalue weighted by molar-refractivity contribution is 5.94. The van der Waals surface area contributed by atoms with E-state index in [1.54, 1.807) is 13.2 Å². The van der Waals surface area contributed by atoms with E-state index in [0.29, 0.717) is 17.1 Å². The molecule has 254 valence electrons. The third kappa shape index (κ3) is 8.88. The standard InChI is InChI=1S/C33H36FN5O5.C2H4O2/c1-18-11-22-5-7-26(18)19(2)16-44-33(42)38-25-13-23(30(28(34)14-25)43-17-20(3)40)15-39(4)32(41)29(22)37-24-6-8-27-21(12-24)9-10-36-31(27)35;1-2(3)4/h5-14,19-20,29,37,40H,15-17H2,1-4H3,(H2,35,36)(H,38,42);1H3,(H,3,4)/t19-,20-,29+;/m0./s1. The molecular weight excluding hydrogens is 621 g/mol. The SMILES string of the molecule is CC(=O)O.Cc1cc2ccc1[C@@H](C)COC(=O)Nc1cc(F)c(OC[C@H](C)O)c(c1)CN(C)C(=O)[C@@H]2Nc1ccc2c(N)nccc2c1. The van der Waals surface area contributed by atoms with E-state index < -0.39 is 30.0 Å². The lowest BCUT2D eigenvalue weighted by molar-refractivity contribution is -0.134. The Bertz CT molecular complexity index is 1810. The van der Waals surface area contributed by atoms with Gasteiger partial charge in [0.2, 0.25) is 5.91 Å². The number of carboxylic acid groups (broad SMARTS) is 1. The lowest BCUT2D eigenvalue weighted by Crippen LogP contribution is -2.35. The molecule has 0 fully saturated rings. The summed E-state index contributed by atoms with van der Waals surface area (Å²) in [7, 11) is 1.61. The third-order valence-corrected chi connectivity index (χ3v) is 7.60. The number of hydrogen-bond donors (Lipinski definition) is 5. The summed E-state index contributed by atoms with van der Waals surface area (Å²) in [6, 6.07) is 15.1. The van der Waals surface area contributed by atoms with E-state index in [4.69, 9.17) is 25.1 Å². The zero-order valence-corrected chi connectivity index (χ0v) is 27.4. The maximum atomic E-state index is 15.3. The molecule has 0 aliphatic carbocycles. The number of aromatic nitrogens is 1. The van der Waals surface area contributed by atoms with Gasteiger partial charge in [-0.25, -0.2) is 14.2 Å². The quantitative estimate of drug-likeness (QED) is 0.181. The van der Waals surface area contributed by atoms with Gasteiger partial charge >= 0.3 is 6.09 Å². The fourth-order valence-electron chi connectivity index (χ4n) is 5.38. The maximum absolute atomic E-state index is 15.3. The number of aliphatic hydroxyl groups is 1. The van der Waals surface area contributed by atoms with E-state index in [9.17, 15) is 14.7 Å². The van der Waals surface area contributed by atoms with Crippen LogP contribution in [0.2, 0.25) is 0 Å². The summed E-state index contributed by atoms with van der Waals surface area (Å²) in [4.78, 5) is 41.4. The monoisotopic (exact) mass is 661 g/mol. The number of nitrogens with one attached hydrogen (secondary N) is 2. The fourth-order valence-corrected chi connectivity index (χ4v) is 5.38. The molecule has 13 heteroatoms. The number of likely N-dealkylation sites (N-methyl/N-ethyl adjacent to an activating group) is 1. The molecular formula is C35H40FN5O7. The summed E-state index contributed by atoms with van der Waals surface area (Å²) < 4.78 is 26.4. The Morgan fingerprint density at radius 2 is 1.94 bits per heavy atom. The van der Waals surface area contributed by atoms with Crippen LogP contribution >= 0.6 is 0 Å². The number of pyridine rings is 1. The number of halogens is 1. The Labute approximate surface area is 277 Å². The van der Waals surface area contributed by atoms with Crippen molar-refractivity contribution in [3.8, 4) is 5.75 Å². The molecule has 4 aromatic rings. The second kappa shape index (κ2) is 15.4. The molecule has 12 nitrogen and oxygen atoms in total. The van der Waals surface area contributed by atoms with Crippen LogP contribution in [0.1, 0.15) is 55.0 Å². The molecule has 0 radical (unpaired) electrons. The van der Waals surface area contributed by atoms with Crippen molar-refractivity contribution in [3.63, 3.8) is 0 Å². The minimum atomic E-state index is -0.852. The van der Waals surface area contributed by atoms with Crippen LogP contribution < -0.4 is 21.1 Å². The molecule has 3 heterocycles. The molecule has 2 amide bonds. The number of benzene rings is 3. The normalized spacial score (nSPS) is 17.1. The number of fused-ring (bicyclic) bond motifs is 10. The first kappa shape index (κ1) is 35.4. The number of aliphatic hydroxyl groups excluding tert-OH is 1. The summed E-state index contributed by atoms with van der Waals surface area (Å²) in [5.41, 5.74) is 9.82. The van der Waals surface area contributed by atoms with Gasteiger partial charge < -0.3 is 35.6 Å². The number of aliphatic carboxylic acids is 1.